The van der Waals surface area contributed by atoms with Gasteiger partial charge in [0.05, 0.1) is 4.75 Å². The lowest BCUT2D eigenvalue weighted by molar-refractivity contribution is 0.566. The summed E-state index contributed by atoms with van der Waals surface area (Å²) < 4.78 is 24.9. The third-order valence-corrected chi connectivity index (χ3v) is 4.51. The van der Waals surface area contributed by atoms with Gasteiger partial charge in [0.2, 0.25) is 15.2 Å². The highest BCUT2D eigenvalue weighted by Crippen LogP contribution is 2.21. The van der Waals surface area contributed by atoms with Gasteiger partial charge in [-0.1, -0.05) is 11.3 Å². The van der Waals surface area contributed by atoms with E-state index in [0.717, 1.165) is 5.01 Å². The van der Waals surface area contributed by atoms with Crippen LogP contribution in [-0.4, -0.2) is 23.4 Å². The predicted octanol–water partition coefficient (Wildman–Crippen LogP) is 1.39. The molecule has 1 aromatic rings. The zero-order chi connectivity index (χ0) is 11.0. The van der Waals surface area contributed by atoms with Gasteiger partial charge in [0.25, 0.3) is 0 Å². The van der Waals surface area contributed by atoms with Gasteiger partial charge < -0.3 is 0 Å². The van der Waals surface area contributed by atoms with Crippen molar-refractivity contribution in [3.63, 3.8) is 0 Å². The molecule has 0 unspecified atom stereocenters. The average molecular weight is 235 g/mol. The standard InChI is InChI=1S/C7H13N3O2S2/c1-5-8-9-6(13-5)10-14(11,12)7(2,3)4/h1-4H3,(H,9,10). The van der Waals surface area contributed by atoms with Gasteiger partial charge in [-0.3, -0.25) is 4.72 Å². The summed E-state index contributed by atoms with van der Waals surface area (Å²) >= 11 is 1.22. The van der Waals surface area contributed by atoms with Crippen LogP contribution >= 0.6 is 11.3 Å². The number of rotatable bonds is 2. The fourth-order valence-corrected chi connectivity index (χ4v) is 2.12. The maximum absolute atomic E-state index is 11.7. The molecular formula is C7H13N3O2S2. The third kappa shape index (κ3) is 2.42. The van der Waals surface area contributed by atoms with Gasteiger partial charge in [-0.25, -0.2) is 8.42 Å². The van der Waals surface area contributed by atoms with Crippen LogP contribution in [0.1, 0.15) is 25.8 Å². The van der Waals surface area contributed by atoms with Crippen LogP contribution in [0.3, 0.4) is 0 Å². The van der Waals surface area contributed by atoms with Crippen molar-refractivity contribution in [1.82, 2.24) is 10.2 Å². The van der Waals surface area contributed by atoms with Gasteiger partial charge >= 0.3 is 0 Å². The largest absolute Gasteiger partial charge is 0.257 e. The van der Waals surface area contributed by atoms with Crippen molar-refractivity contribution in [3.05, 3.63) is 5.01 Å². The molecule has 7 heteroatoms. The van der Waals surface area contributed by atoms with E-state index in [1.807, 2.05) is 0 Å². The SMILES string of the molecule is Cc1nnc(NS(=O)(=O)C(C)(C)C)s1. The molecule has 0 aliphatic carbocycles. The number of aromatic nitrogens is 2. The van der Waals surface area contributed by atoms with E-state index in [9.17, 15) is 8.42 Å². The summed E-state index contributed by atoms with van der Waals surface area (Å²) in [6, 6.07) is 0. The van der Waals surface area contributed by atoms with Crippen molar-refractivity contribution in [2.75, 3.05) is 4.72 Å². The average Bonchev–Trinajstić information content (AvgIpc) is 2.31. The van der Waals surface area contributed by atoms with E-state index in [4.69, 9.17) is 0 Å². The lowest BCUT2D eigenvalue weighted by Gasteiger charge is -2.18. The topological polar surface area (TPSA) is 72.0 Å². The van der Waals surface area contributed by atoms with E-state index in [1.54, 1.807) is 27.7 Å². The Bertz CT molecular complexity index is 416. The molecule has 80 valence electrons. The Morgan fingerprint density at radius 3 is 2.21 bits per heavy atom. The van der Waals surface area contributed by atoms with E-state index in [2.05, 4.69) is 14.9 Å². The summed E-state index contributed by atoms with van der Waals surface area (Å²) in [5, 5.41) is 8.47. The second-order valence-corrected chi connectivity index (χ2v) is 7.46. The van der Waals surface area contributed by atoms with Gasteiger partial charge in [0.15, 0.2) is 0 Å². The molecular weight excluding hydrogens is 222 g/mol. The molecule has 0 aliphatic rings. The van der Waals surface area contributed by atoms with E-state index >= 15 is 0 Å². The van der Waals surface area contributed by atoms with E-state index in [0.29, 0.717) is 5.13 Å². The molecule has 1 heterocycles. The summed E-state index contributed by atoms with van der Waals surface area (Å²) in [4.78, 5) is 0. The molecule has 0 bridgehead atoms. The van der Waals surface area contributed by atoms with Crippen molar-refractivity contribution in [1.29, 1.82) is 0 Å². The second-order valence-electron chi connectivity index (χ2n) is 3.84. The van der Waals surface area contributed by atoms with Gasteiger partial charge in [-0.2, -0.15) is 0 Å². The predicted molar refractivity (Wildman–Crippen MR) is 56.9 cm³/mol. The molecule has 0 aliphatic heterocycles. The molecule has 0 fully saturated rings. The fourth-order valence-electron chi connectivity index (χ4n) is 0.606. The highest BCUT2D eigenvalue weighted by molar-refractivity contribution is 7.94. The molecule has 0 aromatic carbocycles. The summed E-state index contributed by atoms with van der Waals surface area (Å²) in [5.74, 6) is 0. The molecule has 14 heavy (non-hydrogen) atoms. The summed E-state index contributed by atoms with van der Waals surface area (Å²) in [5.41, 5.74) is 0. The first kappa shape index (κ1) is 11.4. The molecule has 0 spiro atoms. The quantitative estimate of drug-likeness (QED) is 0.840. The second kappa shape index (κ2) is 3.47. The highest BCUT2D eigenvalue weighted by Gasteiger charge is 2.29. The van der Waals surface area contributed by atoms with Crippen LogP contribution in [0.15, 0.2) is 0 Å². The lowest BCUT2D eigenvalue weighted by Crippen LogP contribution is -2.33. The highest BCUT2D eigenvalue weighted by atomic mass is 32.2. The minimum absolute atomic E-state index is 0.317. The maximum atomic E-state index is 11.7. The summed E-state index contributed by atoms with van der Waals surface area (Å²) in [6.45, 7) is 6.65. The molecule has 0 saturated heterocycles. The van der Waals surface area contributed by atoms with Crippen molar-refractivity contribution < 1.29 is 8.42 Å². The molecule has 1 aromatic heterocycles. The van der Waals surface area contributed by atoms with Gasteiger partial charge in [-0.15, -0.1) is 10.2 Å². The maximum Gasteiger partial charge on any atom is 0.239 e. The third-order valence-electron chi connectivity index (χ3n) is 1.55. The van der Waals surface area contributed by atoms with Gasteiger partial charge in [0, 0.05) is 0 Å². The Balaban J connectivity index is 2.90. The van der Waals surface area contributed by atoms with Crippen LogP contribution in [0.4, 0.5) is 5.13 Å². The number of sulfonamides is 1. The van der Waals surface area contributed by atoms with Crippen LogP contribution in [0.2, 0.25) is 0 Å². The normalized spacial score (nSPS) is 12.9. The van der Waals surface area contributed by atoms with Crippen LogP contribution in [0.25, 0.3) is 0 Å². The molecule has 1 rings (SSSR count). The van der Waals surface area contributed by atoms with E-state index in [-0.39, 0.29) is 0 Å². The minimum Gasteiger partial charge on any atom is -0.257 e. The van der Waals surface area contributed by atoms with E-state index in [1.165, 1.54) is 11.3 Å². The zero-order valence-corrected chi connectivity index (χ0v) is 10.2. The first-order valence-electron chi connectivity index (χ1n) is 4.05. The number of nitrogens with zero attached hydrogens (tertiary/aromatic N) is 2. The summed E-state index contributed by atoms with van der Waals surface area (Å²) in [7, 11) is -3.38. The monoisotopic (exact) mass is 235 g/mol. The molecule has 0 saturated carbocycles. The van der Waals surface area contributed by atoms with Crippen molar-refractivity contribution >= 4 is 26.5 Å². The van der Waals surface area contributed by atoms with Gasteiger partial charge in [0.1, 0.15) is 5.01 Å². The number of nitrogens with one attached hydrogen (secondary N) is 1. The Labute approximate surface area is 87.6 Å². The number of anilines is 1. The molecule has 0 amide bonds. The Morgan fingerprint density at radius 1 is 1.29 bits per heavy atom. The first-order chi connectivity index (χ1) is 6.22. The fraction of sp³-hybridized carbons (Fsp3) is 0.714. The van der Waals surface area contributed by atoms with Gasteiger partial charge in [-0.05, 0) is 27.7 Å². The van der Waals surface area contributed by atoms with Crippen LogP contribution in [0, 0.1) is 6.92 Å². The zero-order valence-electron chi connectivity index (χ0n) is 8.53. The molecule has 1 N–H and O–H groups in total. The molecule has 0 atom stereocenters. The molecule has 5 nitrogen and oxygen atoms in total. The lowest BCUT2D eigenvalue weighted by atomic mass is 10.3. The van der Waals surface area contributed by atoms with E-state index < -0.39 is 14.8 Å². The van der Waals surface area contributed by atoms with Crippen LogP contribution < -0.4 is 4.72 Å². The van der Waals surface area contributed by atoms with Crippen LogP contribution in [-0.2, 0) is 10.0 Å². The Hall–Kier alpha value is -0.690. The van der Waals surface area contributed by atoms with Crippen molar-refractivity contribution in [2.45, 2.75) is 32.4 Å². The first-order valence-corrected chi connectivity index (χ1v) is 6.35. The smallest absolute Gasteiger partial charge is 0.239 e. The Morgan fingerprint density at radius 2 is 1.86 bits per heavy atom. The number of aryl methyl sites for hydroxylation is 1. The number of hydrogen-bond acceptors (Lipinski definition) is 5. The van der Waals surface area contributed by atoms with Crippen molar-refractivity contribution in [2.24, 2.45) is 0 Å². The number of hydrogen-bond donors (Lipinski definition) is 1. The summed E-state index contributed by atoms with van der Waals surface area (Å²) in [6.07, 6.45) is 0. The minimum atomic E-state index is -3.38. The van der Waals surface area contributed by atoms with Crippen LogP contribution in [0.5, 0.6) is 0 Å². The molecule has 0 radical (unpaired) electrons. The van der Waals surface area contributed by atoms with Crippen molar-refractivity contribution in [3.8, 4) is 0 Å². The Kier molecular flexibility index (Phi) is 2.82.